The Morgan fingerprint density at radius 2 is 2.13 bits per heavy atom. The zero-order chi connectivity index (χ0) is 11.4. The highest BCUT2D eigenvalue weighted by atomic mass is 19.1. The monoisotopic (exact) mass is 214 g/mol. The highest BCUT2D eigenvalue weighted by Gasteiger charge is 2.22. The topological polar surface area (TPSA) is 79.4 Å². The van der Waals surface area contributed by atoms with Crippen LogP contribution in [0.1, 0.15) is 23.9 Å². The number of aliphatic hydroxyl groups is 2. The molecule has 5 heteroatoms. The van der Waals surface area contributed by atoms with Crippen molar-refractivity contribution in [1.82, 2.24) is 4.98 Å². The Balaban J connectivity index is 2.89. The fraction of sp³-hybridized carbons (Fsp3) is 0.500. The van der Waals surface area contributed by atoms with E-state index >= 15 is 0 Å². The third kappa shape index (κ3) is 2.95. The Hall–Kier alpha value is -1.04. The van der Waals surface area contributed by atoms with Crippen LogP contribution in [-0.2, 0) is 0 Å². The summed E-state index contributed by atoms with van der Waals surface area (Å²) in [5, 5.41) is 19.1. The van der Waals surface area contributed by atoms with E-state index in [-0.39, 0.29) is 18.7 Å². The lowest BCUT2D eigenvalue weighted by Gasteiger charge is -2.17. The summed E-state index contributed by atoms with van der Waals surface area (Å²) in [7, 11) is 0. The Bertz CT molecular complexity index is 333. The molecule has 4 nitrogen and oxygen atoms in total. The molecule has 0 saturated carbocycles. The van der Waals surface area contributed by atoms with Crippen LogP contribution in [-0.4, -0.2) is 27.8 Å². The van der Waals surface area contributed by atoms with Crippen molar-refractivity contribution in [2.24, 2.45) is 5.73 Å². The number of rotatable bonds is 4. The van der Waals surface area contributed by atoms with Crippen LogP contribution in [0.3, 0.4) is 0 Å². The van der Waals surface area contributed by atoms with Crippen molar-refractivity contribution >= 4 is 0 Å². The largest absolute Gasteiger partial charge is 0.390 e. The molecule has 2 atom stereocenters. The number of nitrogens with two attached hydrogens (primary N) is 1. The van der Waals surface area contributed by atoms with Crippen LogP contribution >= 0.6 is 0 Å². The van der Waals surface area contributed by atoms with Gasteiger partial charge in [0.1, 0.15) is 17.6 Å². The van der Waals surface area contributed by atoms with Gasteiger partial charge >= 0.3 is 0 Å². The van der Waals surface area contributed by atoms with Crippen LogP contribution in [0.15, 0.2) is 12.1 Å². The number of nitrogens with zero attached hydrogens (tertiary/aromatic N) is 1. The van der Waals surface area contributed by atoms with E-state index in [4.69, 9.17) is 5.73 Å². The van der Waals surface area contributed by atoms with Crippen molar-refractivity contribution in [3.05, 3.63) is 29.3 Å². The van der Waals surface area contributed by atoms with E-state index in [1.54, 1.807) is 6.92 Å². The van der Waals surface area contributed by atoms with Gasteiger partial charge in [-0.05, 0) is 32.0 Å². The molecule has 0 fully saturated rings. The van der Waals surface area contributed by atoms with Gasteiger partial charge < -0.3 is 15.9 Å². The minimum absolute atomic E-state index is 0.129. The van der Waals surface area contributed by atoms with E-state index in [2.05, 4.69) is 4.98 Å². The fourth-order valence-corrected chi connectivity index (χ4v) is 1.28. The van der Waals surface area contributed by atoms with Gasteiger partial charge in [0.2, 0.25) is 0 Å². The molecule has 1 heterocycles. The van der Waals surface area contributed by atoms with Gasteiger partial charge in [0.25, 0.3) is 0 Å². The minimum atomic E-state index is -1.33. The van der Waals surface area contributed by atoms with Gasteiger partial charge in [0.05, 0.1) is 6.10 Å². The Kier molecular flexibility index (Phi) is 4.14. The van der Waals surface area contributed by atoms with Gasteiger partial charge in [0, 0.05) is 5.69 Å². The van der Waals surface area contributed by atoms with Gasteiger partial charge in [-0.25, -0.2) is 4.39 Å². The number of hydrogen-bond acceptors (Lipinski definition) is 4. The summed E-state index contributed by atoms with van der Waals surface area (Å²) in [5.41, 5.74) is 5.69. The third-order valence-corrected chi connectivity index (χ3v) is 2.12. The summed E-state index contributed by atoms with van der Waals surface area (Å²) in [6.07, 6.45) is -2.21. The number of aromatic nitrogens is 1. The average molecular weight is 214 g/mol. The molecule has 0 aromatic carbocycles. The van der Waals surface area contributed by atoms with Crippen molar-refractivity contribution in [2.45, 2.75) is 25.6 Å². The fourth-order valence-electron chi connectivity index (χ4n) is 1.28. The molecule has 84 valence electrons. The molecule has 0 amide bonds. The Morgan fingerprint density at radius 3 is 2.73 bits per heavy atom. The number of halogens is 1. The zero-order valence-electron chi connectivity index (χ0n) is 8.52. The molecule has 0 aliphatic carbocycles. The van der Waals surface area contributed by atoms with Crippen molar-refractivity contribution in [3.63, 3.8) is 0 Å². The molecule has 15 heavy (non-hydrogen) atoms. The smallest absolute Gasteiger partial charge is 0.147 e. The first-order valence-corrected chi connectivity index (χ1v) is 4.75. The van der Waals surface area contributed by atoms with Gasteiger partial charge in [-0.1, -0.05) is 0 Å². The van der Waals surface area contributed by atoms with E-state index in [9.17, 15) is 14.6 Å². The molecule has 0 saturated heterocycles. The Labute approximate surface area is 87.6 Å². The molecule has 0 aliphatic rings. The SMILES string of the molecule is Cc1ccc(F)c(C(O)C(O)CCN)n1. The van der Waals surface area contributed by atoms with Crippen molar-refractivity contribution < 1.29 is 14.6 Å². The lowest BCUT2D eigenvalue weighted by Crippen LogP contribution is -2.23. The van der Waals surface area contributed by atoms with Crippen molar-refractivity contribution in [3.8, 4) is 0 Å². The molecule has 0 aliphatic heterocycles. The van der Waals surface area contributed by atoms with Crippen molar-refractivity contribution in [2.75, 3.05) is 6.54 Å². The molecule has 0 bridgehead atoms. The van der Waals surface area contributed by atoms with Crippen LogP contribution < -0.4 is 5.73 Å². The molecule has 1 aromatic rings. The van der Waals surface area contributed by atoms with Crippen LogP contribution in [0, 0.1) is 12.7 Å². The predicted octanol–water partition coefficient (Wildman–Crippen LogP) is 0.272. The van der Waals surface area contributed by atoms with E-state index in [0.717, 1.165) is 0 Å². The second kappa shape index (κ2) is 5.16. The maximum absolute atomic E-state index is 13.3. The first-order valence-electron chi connectivity index (χ1n) is 4.75. The number of hydrogen-bond donors (Lipinski definition) is 3. The van der Waals surface area contributed by atoms with Gasteiger partial charge in [-0.2, -0.15) is 0 Å². The second-order valence-electron chi connectivity index (χ2n) is 3.41. The highest BCUT2D eigenvalue weighted by molar-refractivity contribution is 5.15. The summed E-state index contributed by atoms with van der Waals surface area (Å²) < 4.78 is 13.3. The molecule has 2 unspecified atom stereocenters. The van der Waals surface area contributed by atoms with Crippen LogP contribution in [0.4, 0.5) is 4.39 Å². The third-order valence-electron chi connectivity index (χ3n) is 2.12. The van der Waals surface area contributed by atoms with E-state index in [1.807, 2.05) is 0 Å². The second-order valence-corrected chi connectivity index (χ2v) is 3.41. The molecule has 0 radical (unpaired) electrons. The number of pyridine rings is 1. The van der Waals surface area contributed by atoms with Crippen LogP contribution in [0.25, 0.3) is 0 Å². The van der Waals surface area contributed by atoms with E-state index in [0.29, 0.717) is 5.69 Å². The van der Waals surface area contributed by atoms with Crippen LogP contribution in [0.2, 0.25) is 0 Å². The Morgan fingerprint density at radius 1 is 1.47 bits per heavy atom. The number of aryl methyl sites for hydroxylation is 1. The highest BCUT2D eigenvalue weighted by Crippen LogP contribution is 2.19. The first kappa shape index (κ1) is 12.0. The summed E-state index contributed by atoms with van der Waals surface area (Å²) >= 11 is 0. The average Bonchev–Trinajstić information content (AvgIpc) is 2.21. The summed E-state index contributed by atoms with van der Waals surface area (Å²) in [4.78, 5) is 3.85. The molecule has 4 N–H and O–H groups in total. The maximum Gasteiger partial charge on any atom is 0.147 e. The van der Waals surface area contributed by atoms with Crippen molar-refractivity contribution in [1.29, 1.82) is 0 Å². The van der Waals surface area contributed by atoms with Gasteiger partial charge in [-0.3, -0.25) is 4.98 Å². The van der Waals surface area contributed by atoms with Gasteiger partial charge in [0.15, 0.2) is 0 Å². The first-order chi connectivity index (χ1) is 7.06. The molecule has 1 rings (SSSR count). The molecule has 1 aromatic heterocycles. The molecular weight excluding hydrogens is 199 g/mol. The molecular formula is C10H15FN2O2. The zero-order valence-corrected chi connectivity index (χ0v) is 8.52. The maximum atomic E-state index is 13.3. The summed E-state index contributed by atoms with van der Waals surface area (Å²) in [6.45, 7) is 1.91. The minimum Gasteiger partial charge on any atom is -0.390 e. The quantitative estimate of drug-likeness (QED) is 0.672. The lowest BCUT2D eigenvalue weighted by atomic mass is 10.1. The van der Waals surface area contributed by atoms with Gasteiger partial charge in [-0.15, -0.1) is 0 Å². The predicted molar refractivity (Wildman–Crippen MR) is 53.6 cm³/mol. The van der Waals surface area contributed by atoms with Crippen LogP contribution in [0.5, 0.6) is 0 Å². The molecule has 0 spiro atoms. The number of aliphatic hydroxyl groups excluding tert-OH is 2. The summed E-state index contributed by atoms with van der Waals surface area (Å²) in [6, 6.07) is 2.72. The lowest BCUT2D eigenvalue weighted by molar-refractivity contribution is 0.0102. The normalized spacial score (nSPS) is 15.0. The summed E-state index contributed by atoms with van der Waals surface area (Å²) in [5.74, 6) is -0.621. The standard InChI is InChI=1S/C10H15FN2O2/c1-6-2-3-7(11)9(13-6)10(15)8(14)4-5-12/h2-3,8,10,14-15H,4-5,12H2,1H3. The van der Waals surface area contributed by atoms with E-state index in [1.165, 1.54) is 12.1 Å². The van der Waals surface area contributed by atoms with E-state index < -0.39 is 18.0 Å².